The number of thiol groups is 1. The molecule has 0 spiro atoms. The Morgan fingerprint density at radius 3 is 2.53 bits per heavy atom. The number of carbonyl (C=O) groups is 2. The molecular formula is C12H21NO3S. The van der Waals surface area contributed by atoms with Crippen molar-refractivity contribution in [1.29, 1.82) is 0 Å². The minimum absolute atomic E-state index is 0.0243. The maximum Gasteiger partial charge on any atom is 0.416 e. The lowest BCUT2D eigenvalue weighted by Crippen LogP contribution is -2.42. The van der Waals surface area contributed by atoms with E-state index in [4.69, 9.17) is 4.74 Å². The first-order chi connectivity index (χ1) is 7.84. The Balaban J connectivity index is 2.69. The normalized spacial score (nSPS) is 22.2. The molecule has 2 atom stereocenters. The molecule has 1 heterocycles. The summed E-state index contributed by atoms with van der Waals surface area (Å²) in [4.78, 5) is 24.9. The molecule has 1 saturated heterocycles. The van der Waals surface area contributed by atoms with Gasteiger partial charge in [0.2, 0.25) is 5.91 Å². The molecule has 1 fully saturated rings. The number of rotatable bonds is 4. The van der Waals surface area contributed by atoms with Gasteiger partial charge < -0.3 is 4.74 Å². The van der Waals surface area contributed by atoms with Crippen LogP contribution in [-0.2, 0) is 9.53 Å². The van der Waals surface area contributed by atoms with E-state index in [-0.39, 0.29) is 29.5 Å². The number of cyclic esters (lactones) is 1. The third-order valence-electron chi connectivity index (χ3n) is 3.10. The van der Waals surface area contributed by atoms with Gasteiger partial charge >= 0.3 is 6.09 Å². The standard InChI is InChI=1S/C12H21NO3S/c1-7(2)9-6-16-12(15)13(9)11(14)5-10(17)8(3)4/h7-10,17H,5-6H2,1-4H3/t9-,10+/m1/s1. The van der Waals surface area contributed by atoms with Crippen molar-refractivity contribution < 1.29 is 14.3 Å². The summed E-state index contributed by atoms with van der Waals surface area (Å²) in [6, 6.07) is -0.136. The van der Waals surface area contributed by atoms with Crippen LogP contribution in [0.1, 0.15) is 34.1 Å². The van der Waals surface area contributed by atoms with E-state index in [1.807, 2.05) is 27.7 Å². The Kier molecular flexibility index (Phi) is 4.86. The number of imide groups is 1. The van der Waals surface area contributed by atoms with Crippen molar-refractivity contribution in [2.24, 2.45) is 11.8 Å². The SMILES string of the molecule is CC(C)[C@H]1COC(=O)N1C(=O)C[C@H](S)C(C)C. The second-order valence-electron chi connectivity index (χ2n) is 5.17. The van der Waals surface area contributed by atoms with Crippen LogP contribution in [0.3, 0.4) is 0 Å². The summed E-state index contributed by atoms with van der Waals surface area (Å²) < 4.78 is 4.94. The third kappa shape index (κ3) is 3.37. The van der Waals surface area contributed by atoms with Gasteiger partial charge in [-0.15, -0.1) is 0 Å². The molecule has 0 radical (unpaired) electrons. The second kappa shape index (κ2) is 5.76. The molecular weight excluding hydrogens is 238 g/mol. The van der Waals surface area contributed by atoms with Gasteiger partial charge in [0.25, 0.3) is 0 Å². The van der Waals surface area contributed by atoms with Gasteiger partial charge in [-0.2, -0.15) is 12.6 Å². The number of hydrogen-bond donors (Lipinski definition) is 1. The van der Waals surface area contributed by atoms with Crippen LogP contribution in [0.15, 0.2) is 0 Å². The molecule has 2 amide bonds. The summed E-state index contributed by atoms with van der Waals surface area (Å²) in [7, 11) is 0. The van der Waals surface area contributed by atoms with Crippen LogP contribution in [-0.4, -0.2) is 34.8 Å². The van der Waals surface area contributed by atoms with Crippen molar-refractivity contribution in [3.05, 3.63) is 0 Å². The highest BCUT2D eigenvalue weighted by Crippen LogP contribution is 2.23. The molecule has 0 aromatic carbocycles. The van der Waals surface area contributed by atoms with Gasteiger partial charge in [0.15, 0.2) is 0 Å². The van der Waals surface area contributed by atoms with Crippen molar-refractivity contribution in [2.75, 3.05) is 6.61 Å². The van der Waals surface area contributed by atoms with Gasteiger partial charge in [-0.25, -0.2) is 9.69 Å². The molecule has 1 rings (SSSR count). The summed E-state index contributed by atoms with van der Waals surface area (Å²) >= 11 is 4.37. The largest absolute Gasteiger partial charge is 0.447 e. The average molecular weight is 259 g/mol. The second-order valence-corrected chi connectivity index (χ2v) is 5.83. The topological polar surface area (TPSA) is 46.6 Å². The van der Waals surface area contributed by atoms with E-state index < -0.39 is 6.09 Å². The van der Waals surface area contributed by atoms with Crippen molar-refractivity contribution in [1.82, 2.24) is 4.90 Å². The lowest BCUT2D eigenvalue weighted by Gasteiger charge is -2.24. The van der Waals surface area contributed by atoms with Crippen LogP contribution < -0.4 is 0 Å². The van der Waals surface area contributed by atoms with Crippen molar-refractivity contribution in [3.63, 3.8) is 0 Å². The zero-order valence-corrected chi connectivity index (χ0v) is 11.7. The molecule has 98 valence electrons. The Bertz CT molecular complexity index is 304. The molecule has 1 aliphatic heterocycles. The molecule has 0 saturated carbocycles. The molecule has 1 aliphatic rings. The zero-order valence-electron chi connectivity index (χ0n) is 10.8. The quantitative estimate of drug-likeness (QED) is 0.788. The first kappa shape index (κ1) is 14.4. The van der Waals surface area contributed by atoms with Gasteiger partial charge in [-0.1, -0.05) is 27.7 Å². The highest BCUT2D eigenvalue weighted by atomic mass is 32.1. The first-order valence-electron chi connectivity index (χ1n) is 6.01. The summed E-state index contributed by atoms with van der Waals surface area (Å²) in [5.74, 6) is 0.334. The van der Waals surface area contributed by atoms with E-state index in [2.05, 4.69) is 12.6 Å². The maximum absolute atomic E-state index is 12.1. The van der Waals surface area contributed by atoms with Gasteiger partial charge in [0.05, 0.1) is 6.04 Å². The summed E-state index contributed by atoms with van der Waals surface area (Å²) in [6.45, 7) is 8.28. The zero-order chi connectivity index (χ0) is 13.2. The first-order valence-corrected chi connectivity index (χ1v) is 6.53. The lowest BCUT2D eigenvalue weighted by molar-refractivity contribution is -0.129. The Labute approximate surface area is 108 Å². The van der Waals surface area contributed by atoms with Crippen LogP contribution >= 0.6 is 12.6 Å². The van der Waals surface area contributed by atoms with E-state index in [9.17, 15) is 9.59 Å². The fourth-order valence-corrected chi connectivity index (χ4v) is 1.88. The molecule has 0 aromatic heterocycles. The van der Waals surface area contributed by atoms with E-state index in [1.165, 1.54) is 4.90 Å². The van der Waals surface area contributed by atoms with E-state index >= 15 is 0 Å². The van der Waals surface area contributed by atoms with Gasteiger partial charge in [-0.05, 0) is 11.8 Å². The summed E-state index contributed by atoms with van der Waals surface area (Å²) in [5.41, 5.74) is 0. The number of carbonyl (C=O) groups excluding carboxylic acids is 2. The van der Waals surface area contributed by atoms with E-state index in [1.54, 1.807) is 0 Å². The van der Waals surface area contributed by atoms with Gasteiger partial charge in [-0.3, -0.25) is 4.79 Å². The fourth-order valence-electron chi connectivity index (χ4n) is 1.73. The number of nitrogens with zero attached hydrogens (tertiary/aromatic N) is 1. The van der Waals surface area contributed by atoms with Gasteiger partial charge in [0, 0.05) is 11.7 Å². The molecule has 4 nitrogen and oxygen atoms in total. The highest BCUT2D eigenvalue weighted by Gasteiger charge is 2.39. The van der Waals surface area contributed by atoms with Gasteiger partial charge in [0.1, 0.15) is 6.61 Å². The molecule has 17 heavy (non-hydrogen) atoms. The number of hydrogen-bond acceptors (Lipinski definition) is 4. The van der Waals surface area contributed by atoms with Crippen molar-refractivity contribution in [3.8, 4) is 0 Å². The molecule has 0 aromatic rings. The predicted molar refractivity (Wildman–Crippen MR) is 69.0 cm³/mol. The van der Waals surface area contributed by atoms with Crippen molar-refractivity contribution in [2.45, 2.75) is 45.4 Å². The van der Waals surface area contributed by atoms with E-state index in [0.29, 0.717) is 12.5 Å². The molecule has 0 aliphatic carbocycles. The van der Waals surface area contributed by atoms with Crippen molar-refractivity contribution >= 4 is 24.6 Å². The molecule has 0 unspecified atom stereocenters. The van der Waals surface area contributed by atoms with Crippen LogP contribution in [0.2, 0.25) is 0 Å². The fraction of sp³-hybridized carbons (Fsp3) is 0.833. The molecule has 5 heteroatoms. The van der Waals surface area contributed by atoms with Crippen LogP contribution in [0.25, 0.3) is 0 Å². The highest BCUT2D eigenvalue weighted by molar-refractivity contribution is 7.81. The Morgan fingerprint density at radius 2 is 2.06 bits per heavy atom. The molecule has 0 bridgehead atoms. The monoisotopic (exact) mass is 259 g/mol. The predicted octanol–water partition coefficient (Wildman–Crippen LogP) is 2.33. The maximum atomic E-state index is 12.1. The van der Waals surface area contributed by atoms with Crippen LogP contribution in [0, 0.1) is 11.8 Å². The lowest BCUT2D eigenvalue weighted by atomic mass is 10.0. The average Bonchev–Trinajstić information content (AvgIpc) is 2.59. The minimum Gasteiger partial charge on any atom is -0.447 e. The Morgan fingerprint density at radius 1 is 1.47 bits per heavy atom. The van der Waals surface area contributed by atoms with Crippen LogP contribution in [0.5, 0.6) is 0 Å². The summed E-state index contributed by atoms with van der Waals surface area (Å²) in [6.07, 6.45) is -0.239. The smallest absolute Gasteiger partial charge is 0.416 e. The van der Waals surface area contributed by atoms with Crippen LogP contribution in [0.4, 0.5) is 4.79 Å². The third-order valence-corrected chi connectivity index (χ3v) is 3.88. The number of ether oxygens (including phenoxy) is 1. The number of amides is 2. The van der Waals surface area contributed by atoms with E-state index in [0.717, 1.165) is 0 Å². The summed E-state index contributed by atoms with van der Waals surface area (Å²) in [5, 5.41) is -0.0243. The minimum atomic E-state index is -0.516. The Hall–Kier alpha value is -0.710. The molecule has 0 N–H and O–H groups in total.